The average molecular weight is 427 g/mol. The van der Waals surface area contributed by atoms with Gasteiger partial charge in [0.25, 0.3) is 11.5 Å². The van der Waals surface area contributed by atoms with Crippen molar-refractivity contribution < 1.29 is 4.79 Å². The van der Waals surface area contributed by atoms with Crippen molar-refractivity contribution >= 4 is 17.5 Å². The van der Waals surface area contributed by atoms with Gasteiger partial charge in [0.2, 0.25) is 5.69 Å². The zero-order valence-electron chi connectivity index (χ0n) is 17.1. The van der Waals surface area contributed by atoms with Crippen LogP contribution in [0.5, 0.6) is 0 Å². The van der Waals surface area contributed by atoms with Crippen LogP contribution in [-0.2, 0) is 6.54 Å². The molecule has 3 rings (SSSR count). The number of benzene rings is 2. The van der Waals surface area contributed by atoms with Gasteiger partial charge in [-0.25, -0.2) is 4.79 Å². The fourth-order valence-electron chi connectivity index (χ4n) is 2.84. The Labute approximate surface area is 178 Å². The quantitative estimate of drug-likeness (QED) is 0.656. The van der Waals surface area contributed by atoms with E-state index >= 15 is 0 Å². The SMILES string of the molecule is CC[C@@H](C)NC(=O)c1nn(-c2cccc(Cl)c2)c(=O)n(Cc2ccc(C)cc2)c1=O. The highest BCUT2D eigenvalue weighted by Gasteiger charge is 2.21. The average Bonchev–Trinajstić information content (AvgIpc) is 2.72. The number of rotatable bonds is 6. The van der Waals surface area contributed by atoms with Crippen LogP contribution in [-0.4, -0.2) is 26.3 Å². The van der Waals surface area contributed by atoms with E-state index in [9.17, 15) is 14.4 Å². The molecule has 0 bridgehead atoms. The Morgan fingerprint density at radius 2 is 1.87 bits per heavy atom. The molecule has 0 saturated heterocycles. The molecule has 8 heteroatoms. The molecule has 0 radical (unpaired) electrons. The smallest absolute Gasteiger partial charge is 0.348 e. The second-order valence-corrected chi connectivity index (χ2v) is 7.62. The van der Waals surface area contributed by atoms with Crippen LogP contribution in [0.4, 0.5) is 0 Å². The standard InChI is InChI=1S/C22H23ClN4O3/c1-4-15(3)24-20(28)19-21(29)26(13-16-10-8-14(2)9-11-16)22(30)27(25-19)18-7-5-6-17(23)12-18/h5-12,15H,4,13H2,1-3H3,(H,24,28)/t15-/m1/s1. The van der Waals surface area contributed by atoms with E-state index in [4.69, 9.17) is 11.6 Å². The Kier molecular flexibility index (Phi) is 6.52. The lowest BCUT2D eigenvalue weighted by molar-refractivity contribution is 0.0929. The Morgan fingerprint density at radius 3 is 2.50 bits per heavy atom. The summed E-state index contributed by atoms with van der Waals surface area (Å²) in [5.41, 5.74) is 0.454. The van der Waals surface area contributed by atoms with Gasteiger partial charge < -0.3 is 5.32 Å². The number of nitrogens with one attached hydrogen (secondary N) is 1. The predicted molar refractivity (Wildman–Crippen MR) is 117 cm³/mol. The van der Waals surface area contributed by atoms with Crippen LogP contribution in [0.15, 0.2) is 58.1 Å². The summed E-state index contributed by atoms with van der Waals surface area (Å²) in [7, 11) is 0. The van der Waals surface area contributed by atoms with Crippen LogP contribution in [0.3, 0.4) is 0 Å². The monoisotopic (exact) mass is 426 g/mol. The van der Waals surface area contributed by atoms with Crippen LogP contribution in [0.2, 0.25) is 5.02 Å². The zero-order valence-corrected chi connectivity index (χ0v) is 17.8. The van der Waals surface area contributed by atoms with E-state index in [2.05, 4.69) is 10.4 Å². The normalized spacial score (nSPS) is 11.9. The van der Waals surface area contributed by atoms with Gasteiger partial charge in [0, 0.05) is 11.1 Å². The largest absolute Gasteiger partial charge is 0.352 e. The Balaban J connectivity index is 2.18. The highest BCUT2D eigenvalue weighted by molar-refractivity contribution is 6.30. The zero-order chi connectivity index (χ0) is 21.8. The first-order valence-corrected chi connectivity index (χ1v) is 10.0. The van der Waals surface area contributed by atoms with Gasteiger partial charge in [-0.1, -0.05) is 54.4 Å². The van der Waals surface area contributed by atoms with E-state index in [0.717, 1.165) is 20.4 Å². The molecule has 1 amide bonds. The van der Waals surface area contributed by atoms with E-state index < -0.39 is 17.2 Å². The van der Waals surface area contributed by atoms with E-state index in [1.54, 1.807) is 24.3 Å². The molecule has 0 aliphatic heterocycles. The molecule has 1 aromatic heterocycles. The summed E-state index contributed by atoms with van der Waals surface area (Å²) < 4.78 is 2.05. The maximum atomic E-state index is 13.1. The van der Waals surface area contributed by atoms with E-state index in [1.807, 2.05) is 45.0 Å². The molecule has 3 aromatic rings. The van der Waals surface area contributed by atoms with Gasteiger partial charge >= 0.3 is 5.69 Å². The van der Waals surface area contributed by atoms with Gasteiger partial charge in [-0.15, -0.1) is 0 Å². The molecule has 156 valence electrons. The second-order valence-electron chi connectivity index (χ2n) is 7.18. The molecule has 2 aromatic carbocycles. The van der Waals surface area contributed by atoms with Crippen molar-refractivity contribution in [1.29, 1.82) is 0 Å². The van der Waals surface area contributed by atoms with Crippen molar-refractivity contribution in [1.82, 2.24) is 19.7 Å². The van der Waals surface area contributed by atoms with Crippen LogP contribution >= 0.6 is 11.6 Å². The fraction of sp³-hybridized carbons (Fsp3) is 0.273. The Bertz CT molecular complexity index is 1180. The van der Waals surface area contributed by atoms with Crippen LogP contribution in [0, 0.1) is 6.92 Å². The Morgan fingerprint density at radius 1 is 1.17 bits per heavy atom. The van der Waals surface area contributed by atoms with Crippen molar-refractivity contribution in [2.45, 2.75) is 39.8 Å². The van der Waals surface area contributed by atoms with Crippen molar-refractivity contribution in [3.63, 3.8) is 0 Å². The maximum Gasteiger partial charge on any atom is 0.352 e. The van der Waals surface area contributed by atoms with Crippen molar-refractivity contribution in [2.24, 2.45) is 0 Å². The molecule has 0 saturated carbocycles. The van der Waals surface area contributed by atoms with Gasteiger partial charge in [-0.2, -0.15) is 9.78 Å². The maximum absolute atomic E-state index is 13.1. The van der Waals surface area contributed by atoms with Crippen molar-refractivity contribution in [2.75, 3.05) is 0 Å². The Hall–Kier alpha value is -3.19. The molecule has 1 N–H and O–H groups in total. The molecule has 7 nitrogen and oxygen atoms in total. The first kappa shape index (κ1) is 21.5. The highest BCUT2D eigenvalue weighted by atomic mass is 35.5. The number of aryl methyl sites for hydroxylation is 1. The summed E-state index contributed by atoms with van der Waals surface area (Å²) in [4.78, 5) is 38.9. The third-order valence-corrected chi connectivity index (χ3v) is 5.01. The third kappa shape index (κ3) is 4.68. The van der Waals surface area contributed by atoms with Gasteiger partial charge in [-0.3, -0.25) is 14.2 Å². The number of aromatic nitrogens is 3. The summed E-state index contributed by atoms with van der Waals surface area (Å²) in [5.74, 6) is -0.622. The molecule has 0 spiro atoms. The lowest BCUT2D eigenvalue weighted by Crippen LogP contribution is -2.47. The molecular formula is C22H23ClN4O3. The number of hydrogen-bond acceptors (Lipinski definition) is 4. The molecular weight excluding hydrogens is 404 g/mol. The van der Waals surface area contributed by atoms with Gasteiger partial charge in [0.05, 0.1) is 12.2 Å². The number of carbonyl (C=O) groups is 1. The van der Waals surface area contributed by atoms with E-state index in [0.29, 0.717) is 17.1 Å². The number of nitrogens with zero attached hydrogens (tertiary/aromatic N) is 3. The predicted octanol–water partition coefficient (Wildman–Crippen LogP) is 2.93. The molecule has 0 unspecified atom stereocenters. The van der Waals surface area contributed by atoms with Gasteiger partial charge in [0.1, 0.15) is 0 Å². The number of hydrogen-bond donors (Lipinski definition) is 1. The molecule has 1 atom stereocenters. The first-order chi connectivity index (χ1) is 14.3. The summed E-state index contributed by atoms with van der Waals surface area (Å²) in [6.45, 7) is 5.72. The van der Waals surface area contributed by atoms with E-state index in [1.165, 1.54) is 0 Å². The lowest BCUT2D eigenvalue weighted by Gasteiger charge is -2.14. The molecule has 1 heterocycles. The fourth-order valence-corrected chi connectivity index (χ4v) is 3.03. The van der Waals surface area contributed by atoms with Crippen molar-refractivity contribution in [3.8, 4) is 5.69 Å². The molecule has 30 heavy (non-hydrogen) atoms. The molecule has 0 aliphatic carbocycles. The minimum Gasteiger partial charge on any atom is -0.348 e. The van der Waals surface area contributed by atoms with Crippen LogP contribution < -0.4 is 16.6 Å². The van der Waals surface area contributed by atoms with E-state index in [-0.39, 0.29) is 18.3 Å². The summed E-state index contributed by atoms with van der Waals surface area (Å²) >= 11 is 6.06. The topological polar surface area (TPSA) is 86.0 Å². The summed E-state index contributed by atoms with van der Waals surface area (Å²) in [6, 6.07) is 13.8. The number of amides is 1. The molecule has 0 aliphatic rings. The first-order valence-electron chi connectivity index (χ1n) is 9.66. The summed E-state index contributed by atoms with van der Waals surface area (Å²) in [6.07, 6.45) is 0.692. The minimum atomic E-state index is -0.736. The summed E-state index contributed by atoms with van der Waals surface area (Å²) in [5, 5.41) is 7.23. The second kappa shape index (κ2) is 9.09. The highest BCUT2D eigenvalue weighted by Crippen LogP contribution is 2.12. The lowest BCUT2D eigenvalue weighted by atomic mass is 10.1. The van der Waals surface area contributed by atoms with Gasteiger partial charge in [0.15, 0.2) is 0 Å². The van der Waals surface area contributed by atoms with Crippen LogP contribution in [0.1, 0.15) is 41.9 Å². The van der Waals surface area contributed by atoms with Crippen LogP contribution in [0.25, 0.3) is 5.69 Å². The number of carbonyl (C=O) groups excluding carboxylic acids is 1. The third-order valence-electron chi connectivity index (χ3n) is 4.78. The van der Waals surface area contributed by atoms with Gasteiger partial charge in [-0.05, 0) is 44.0 Å². The van der Waals surface area contributed by atoms with Crippen molar-refractivity contribution in [3.05, 3.63) is 91.2 Å². The number of halogens is 1. The minimum absolute atomic E-state index is 0.0185. The molecule has 0 fully saturated rings.